The zero-order valence-electron chi connectivity index (χ0n) is 8.68. The van der Waals surface area contributed by atoms with Crippen molar-refractivity contribution >= 4 is 27.5 Å². The fraction of sp³-hybridized carbons (Fsp3) is 0.300. The number of nitrogens with zero attached hydrogens (tertiary/aromatic N) is 1. The largest absolute Gasteiger partial charge is 0.289 e. The van der Waals surface area contributed by atoms with Crippen molar-refractivity contribution in [1.82, 2.24) is 4.72 Å². The normalized spacial score (nSPS) is 11.1. The van der Waals surface area contributed by atoms with E-state index in [0.717, 1.165) is 0 Å². The predicted octanol–water partition coefficient (Wildman–Crippen LogP) is 1.82. The van der Waals surface area contributed by atoms with E-state index >= 15 is 0 Å². The summed E-state index contributed by atoms with van der Waals surface area (Å²) in [6, 6.07) is 6.20. The predicted molar refractivity (Wildman–Crippen MR) is 62.0 cm³/mol. The molecule has 0 fully saturated rings. The fourth-order valence-electron chi connectivity index (χ4n) is 1.11. The molecule has 0 aliphatic rings. The highest BCUT2D eigenvalue weighted by Crippen LogP contribution is 2.15. The Kier molecular flexibility index (Phi) is 4.32. The van der Waals surface area contributed by atoms with E-state index in [1.165, 1.54) is 12.1 Å². The quantitative estimate of drug-likeness (QED) is 0.829. The molecule has 0 spiro atoms. The third-order valence-corrected chi connectivity index (χ3v) is 3.49. The number of benzene rings is 1. The van der Waals surface area contributed by atoms with Crippen molar-refractivity contribution in [3.63, 3.8) is 0 Å². The zero-order valence-corrected chi connectivity index (χ0v) is 10.3. The molecule has 1 radical (unpaired) electrons. The Morgan fingerprint density at radius 1 is 1.38 bits per heavy atom. The second-order valence-corrected chi connectivity index (χ2v) is 5.32. The molecule has 0 N–H and O–H groups in total. The van der Waals surface area contributed by atoms with Crippen LogP contribution in [0.15, 0.2) is 24.3 Å². The van der Waals surface area contributed by atoms with E-state index in [4.69, 9.17) is 11.6 Å². The minimum atomic E-state index is -3.68. The highest BCUT2D eigenvalue weighted by atomic mass is 35.5. The molecule has 6 heteroatoms. The minimum absolute atomic E-state index is 0.101. The Morgan fingerprint density at radius 3 is 2.56 bits per heavy atom. The summed E-state index contributed by atoms with van der Waals surface area (Å²) >= 11 is 5.75. The maximum atomic E-state index is 11.5. The molecule has 0 saturated heterocycles. The van der Waals surface area contributed by atoms with Gasteiger partial charge in [0, 0.05) is 0 Å². The summed E-state index contributed by atoms with van der Waals surface area (Å²) < 4.78 is 25.8. The van der Waals surface area contributed by atoms with E-state index in [1.54, 1.807) is 19.1 Å². The molecular weight excluding hydrogens is 250 g/mol. The summed E-state index contributed by atoms with van der Waals surface area (Å²) in [5, 5.41) is 0.197. The lowest BCUT2D eigenvalue weighted by Crippen LogP contribution is -2.25. The lowest BCUT2D eigenvalue weighted by Gasteiger charge is -2.03. The second-order valence-electron chi connectivity index (χ2n) is 3.16. The number of rotatable bonds is 4. The van der Waals surface area contributed by atoms with Gasteiger partial charge in [-0.05, 0) is 18.6 Å². The van der Waals surface area contributed by atoms with Crippen molar-refractivity contribution in [2.45, 2.75) is 13.3 Å². The Balaban J connectivity index is 2.85. The molecule has 16 heavy (non-hydrogen) atoms. The van der Waals surface area contributed by atoms with Crippen molar-refractivity contribution in [1.29, 1.82) is 0 Å². The summed E-state index contributed by atoms with van der Waals surface area (Å²) in [5.41, 5.74) is 0.101. The van der Waals surface area contributed by atoms with E-state index in [1.807, 2.05) is 0 Å². The van der Waals surface area contributed by atoms with Crippen LogP contribution in [0.2, 0.25) is 5.02 Å². The number of carbonyl (C=O) groups is 1. The van der Waals surface area contributed by atoms with Crippen molar-refractivity contribution in [2.75, 3.05) is 5.75 Å². The van der Waals surface area contributed by atoms with Gasteiger partial charge in [0.25, 0.3) is 15.9 Å². The van der Waals surface area contributed by atoms with Gasteiger partial charge >= 0.3 is 0 Å². The Hall–Kier alpha value is -1.07. The molecular formula is C10H11ClNO3S. The van der Waals surface area contributed by atoms with E-state index in [2.05, 4.69) is 4.72 Å². The summed E-state index contributed by atoms with van der Waals surface area (Å²) in [5.74, 6) is -0.956. The maximum Gasteiger partial charge on any atom is 0.289 e. The van der Waals surface area contributed by atoms with Crippen LogP contribution in [0, 0.1) is 0 Å². The SMILES string of the molecule is CCCS(=O)(=O)[N]C(=O)c1ccccc1Cl. The lowest BCUT2D eigenvalue weighted by atomic mass is 10.2. The van der Waals surface area contributed by atoms with Crippen LogP contribution in [0.3, 0.4) is 0 Å². The van der Waals surface area contributed by atoms with Crippen molar-refractivity contribution < 1.29 is 13.2 Å². The topological polar surface area (TPSA) is 65.3 Å². The van der Waals surface area contributed by atoms with Crippen molar-refractivity contribution in [2.24, 2.45) is 0 Å². The molecule has 4 nitrogen and oxygen atoms in total. The van der Waals surface area contributed by atoms with Gasteiger partial charge in [0.1, 0.15) is 0 Å². The first-order valence-electron chi connectivity index (χ1n) is 4.71. The summed E-state index contributed by atoms with van der Waals surface area (Å²) in [4.78, 5) is 11.5. The second kappa shape index (κ2) is 5.32. The average Bonchev–Trinajstić information content (AvgIpc) is 2.17. The first-order valence-corrected chi connectivity index (χ1v) is 6.69. The van der Waals surface area contributed by atoms with Crippen LogP contribution >= 0.6 is 11.6 Å². The number of amides is 1. The molecule has 0 atom stereocenters. The van der Waals surface area contributed by atoms with Gasteiger partial charge in [-0.1, -0.05) is 30.7 Å². The monoisotopic (exact) mass is 260 g/mol. The molecule has 0 unspecified atom stereocenters. The number of sulfonamides is 1. The first-order chi connectivity index (χ1) is 7.46. The number of halogens is 1. The van der Waals surface area contributed by atoms with Crippen LogP contribution in [0.4, 0.5) is 0 Å². The van der Waals surface area contributed by atoms with Crippen molar-refractivity contribution in [3.05, 3.63) is 34.9 Å². The molecule has 87 valence electrons. The standard InChI is InChI=1S/C10H11ClNO3S/c1-2-7-16(14,15)12-10(13)8-5-3-4-6-9(8)11/h3-6H,2,7H2,1H3. The molecule has 0 aliphatic heterocycles. The van der Waals surface area contributed by atoms with Gasteiger partial charge < -0.3 is 0 Å². The molecule has 0 aromatic heterocycles. The van der Waals surface area contributed by atoms with Crippen LogP contribution in [-0.4, -0.2) is 20.1 Å². The summed E-state index contributed by atoms with van der Waals surface area (Å²) in [6.07, 6.45) is 0.418. The van der Waals surface area contributed by atoms with Crippen LogP contribution in [0.25, 0.3) is 0 Å². The fourth-order valence-corrected chi connectivity index (χ4v) is 2.29. The highest BCUT2D eigenvalue weighted by molar-refractivity contribution is 7.89. The molecule has 1 aromatic rings. The Morgan fingerprint density at radius 2 is 2.00 bits per heavy atom. The Labute approximate surface area is 99.7 Å². The summed E-state index contributed by atoms with van der Waals surface area (Å²) in [6.45, 7) is 1.70. The van der Waals surface area contributed by atoms with Crippen LogP contribution in [-0.2, 0) is 10.0 Å². The number of hydrogen-bond acceptors (Lipinski definition) is 3. The number of hydrogen-bond donors (Lipinski definition) is 0. The molecule has 0 saturated carbocycles. The van der Waals surface area contributed by atoms with Crippen LogP contribution < -0.4 is 4.72 Å². The van der Waals surface area contributed by atoms with E-state index in [0.29, 0.717) is 6.42 Å². The molecule has 0 bridgehead atoms. The Bertz CT molecular complexity index is 485. The van der Waals surface area contributed by atoms with Gasteiger partial charge in [-0.2, -0.15) is 0 Å². The van der Waals surface area contributed by atoms with Gasteiger partial charge in [0.2, 0.25) is 0 Å². The highest BCUT2D eigenvalue weighted by Gasteiger charge is 2.19. The van der Waals surface area contributed by atoms with E-state index in [9.17, 15) is 13.2 Å². The van der Waals surface area contributed by atoms with E-state index < -0.39 is 15.9 Å². The third kappa shape index (κ3) is 3.50. The molecule has 1 amide bonds. The number of carbonyl (C=O) groups excluding carboxylic acids is 1. The van der Waals surface area contributed by atoms with Gasteiger partial charge in [-0.3, -0.25) is 4.79 Å². The van der Waals surface area contributed by atoms with E-state index in [-0.39, 0.29) is 16.3 Å². The molecule has 0 heterocycles. The smallest absolute Gasteiger partial charge is 0.266 e. The first kappa shape index (κ1) is 13.0. The lowest BCUT2D eigenvalue weighted by molar-refractivity contribution is 0.0978. The van der Waals surface area contributed by atoms with Gasteiger partial charge in [0.05, 0.1) is 16.3 Å². The van der Waals surface area contributed by atoms with Gasteiger partial charge in [-0.15, -0.1) is 4.72 Å². The molecule has 1 rings (SSSR count). The summed E-state index contributed by atoms with van der Waals surface area (Å²) in [7, 11) is -3.68. The zero-order chi connectivity index (χ0) is 12.2. The van der Waals surface area contributed by atoms with Gasteiger partial charge in [0.15, 0.2) is 0 Å². The van der Waals surface area contributed by atoms with Gasteiger partial charge in [-0.25, -0.2) is 8.42 Å². The van der Waals surface area contributed by atoms with Crippen molar-refractivity contribution in [3.8, 4) is 0 Å². The van der Waals surface area contributed by atoms with Crippen LogP contribution in [0.5, 0.6) is 0 Å². The molecule has 1 aromatic carbocycles. The minimum Gasteiger partial charge on any atom is -0.266 e. The third-order valence-electron chi connectivity index (χ3n) is 1.79. The average molecular weight is 261 g/mol. The van der Waals surface area contributed by atoms with Crippen LogP contribution in [0.1, 0.15) is 23.7 Å². The maximum absolute atomic E-state index is 11.5. The molecule has 0 aliphatic carbocycles.